The van der Waals surface area contributed by atoms with Crippen LogP contribution in [0.2, 0.25) is 5.02 Å². The molecule has 2 aromatic carbocycles. The molecular formula is C35H40ClN7O4. The number of halogens is 1. The van der Waals surface area contributed by atoms with Crippen LogP contribution in [0, 0.1) is 5.41 Å². The number of hydrogen-bond donors (Lipinski definition) is 5. The average molecular weight is 658 g/mol. The Morgan fingerprint density at radius 2 is 1.85 bits per heavy atom. The van der Waals surface area contributed by atoms with E-state index in [-0.39, 0.29) is 35.2 Å². The lowest BCUT2D eigenvalue weighted by Gasteiger charge is -2.33. The summed E-state index contributed by atoms with van der Waals surface area (Å²) in [5.41, 5.74) is 1.92. The number of carbonyl (C=O) groups is 2. The molecule has 0 saturated carbocycles. The maximum atomic E-state index is 13.2. The zero-order chi connectivity index (χ0) is 33.7. The number of amides is 2. The molecule has 4 aromatic rings. The van der Waals surface area contributed by atoms with Gasteiger partial charge in [-0.3, -0.25) is 14.4 Å². The van der Waals surface area contributed by atoms with Crippen LogP contribution < -0.4 is 26.4 Å². The van der Waals surface area contributed by atoms with Crippen molar-refractivity contribution >= 4 is 51.8 Å². The topological polar surface area (TPSA) is 152 Å². The van der Waals surface area contributed by atoms with E-state index in [2.05, 4.69) is 37.5 Å². The van der Waals surface area contributed by atoms with Gasteiger partial charge < -0.3 is 30.9 Å². The van der Waals surface area contributed by atoms with Gasteiger partial charge in [0.2, 0.25) is 11.9 Å². The molecule has 0 spiro atoms. The number of aliphatic hydroxyl groups is 1. The first-order chi connectivity index (χ1) is 22.4. The van der Waals surface area contributed by atoms with Gasteiger partial charge in [0.15, 0.2) is 0 Å². The summed E-state index contributed by atoms with van der Waals surface area (Å²) in [4.78, 5) is 52.6. The summed E-state index contributed by atoms with van der Waals surface area (Å²) in [7, 11) is 0. The van der Waals surface area contributed by atoms with Gasteiger partial charge in [0, 0.05) is 48.4 Å². The number of carbonyl (C=O) groups excluding carboxylic acids is 2. The highest BCUT2D eigenvalue weighted by Crippen LogP contribution is 2.27. The number of nitrogens with zero attached hydrogens (tertiary/aromatic N) is 3. The number of rotatable bonds is 10. The fourth-order valence-electron chi connectivity index (χ4n) is 5.50. The number of pyridine rings is 1. The van der Waals surface area contributed by atoms with Gasteiger partial charge in [-0.2, -0.15) is 4.98 Å². The number of anilines is 2. The number of fused-ring (bicyclic) bond motifs is 1. The van der Waals surface area contributed by atoms with Crippen molar-refractivity contribution in [3.05, 3.63) is 99.4 Å². The van der Waals surface area contributed by atoms with E-state index >= 15 is 0 Å². The molecule has 3 heterocycles. The lowest BCUT2D eigenvalue weighted by Crippen LogP contribution is -2.45. The molecule has 0 radical (unpaired) electrons. The molecule has 47 heavy (non-hydrogen) atoms. The lowest BCUT2D eigenvalue weighted by molar-refractivity contribution is -0.123. The monoisotopic (exact) mass is 657 g/mol. The van der Waals surface area contributed by atoms with Crippen LogP contribution in [0.25, 0.3) is 16.7 Å². The van der Waals surface area contributed by atoms with Crippen molar-refractivity contribution < 1.29 is 14.7 Å². The predicted molar refractivity (Wildman–Crippen MR) is 185 cm³/mol. The third kappa shape index (κ3) is 8.55. The van der Waals surface area contributed by atoms with Crippen LogP contribution in [0.1, 0.15) is 67.6 Å². The van der Waals surface area contributed by atoms with Gasteiger partial charge in [-0.15, -0.1) is 0 Å². The Hall–Kier alpha value is -4.74. The molecule has 5 N–H and O–H groups in total. The molecule has 0 bridgehead atoms. The summed E-state index contributed by atoms with van der Waals surface area (Å²) in [5, 5.41) is 19.8. The van der Waals surface area contributed by atoms with E-state index in [9.17, 15) is 19.5 Å². The molecule has 0 aliphatic carbocycles. The summed E-state index contributed by atoms with van der Waals surface area (Å²) in [6, 6.07) is 15.1. The molecule has 5 rings (SSSR count). The van der Waals surface area contributed by atoms with Gasteiger partial charge in [-0.05, 0) is 48.1 Å². The lowest BCUT2D eigenvalue weighted by atomic mass is 9.91. The molecule has 2 aromatic heterocycles. The van der Waals surface area contributed by atoms with Gasteiger partial charge in [0.25, 0.3) is 11.5 Å². The van der Waals surface area contributed by atoms with Crippen molar-refractivity contribution in [2.45, 2.75) is 52.1 Å². The van der Waals surface area contributed by atoms with E-state index in [0.29, 0.717) is 52.8 Å². The molecule has 1 aliphatic heterocycles. The first-order valence-corrected chi connectivity index (χ1v) is 15.9. The highest BCUT2D eigenvalue weighted by molar-refractivity contribution is 6.33. The third-order valence-corrected chi connectivity index (χ3v) is 8.27. The van der Waals surface area contributed by atoms with E-state index < -0.39 is 17.5 Å². The fourth-order valence-corrected chi connectivity index (χ4v) is 5.66. The van der Waals surface area contributed by atoms with E-state index in [4.69, 9.17) is 11.6 Å². The predicted octanol–water partition coefficient (Wildman–Crippen LogP) is 5.04. The van der Waals surface area contributed by atoms with E-state index in [1.165, 1.54) is 0 Å². The number of aromatic nitrogens is 3. The minimum atomic E-state index is -0.581. The maximum absolute atomic E-state index is 13.2. The SMILES string of the molecule is C=C(Nc1cc(C(=O)NC(CO)c2ccccc2)ccc1Cl)c1cc2cnc(N3CCC(NC(=O)CC(C)(C)C)CC3)nc2[nH]c1=O. The van der Waals surface area contributed by atoms with Crippen molar-refractivity contribution in [2.75, 3.05) is 29.9 Å². The molecule has 1 saturated heterocycles. The standard InChI is InChI=1S/C35H40ClN7O4/c1-21(38-28-17-23(10-11-27(28)36)32(46)40-29(20-44)22-8-6-5-7-9-22)26-16-24-19-37-34(42-31(24)41-33(26)47)43-14-12-25(13-15-43)39-30(45)18-35(2,3)4/h5-11,16-17,19,25,29,38,44H,1,12-15,18,20H2,2-4H3,(H,39,45)(H,40,46)(H,37,41,42,47). The van der Waals surface area contributed by atoms with Crippen LogP contribution >= 0.6 is 11.6 Å². The molecule has 12 heteroatoms. The van der Waals surface area contributed by atoms with Crippen molar-refractivity contribution in [2.24, 2.45) is 5.41 Å². The van der Waals surface area contributed by atoms with Crippen molar-refractivity contribution in [1.82, 2.24) is 25.6 Å². The number of benzene rings is 2. The second-order valence-corrected chi connectivity index (χ2v) is 13.4. The van der Waals surface area contributed by atoms with Gasteiger partial charge in [0.05, 0.1) is 28.9 Å². The van der Waals surface area contributed by atoms with Crippen LogP contribution in [0.15, 0.2) is 72.2 Å². The van der Waals surface area contributed by atoms with E-state index in [1.807, 2.05) is 56.0 Å². The van der Waals surface area contributed by atoms with Gasteiger partial charge >= 0.3 is 0 Å². The molecule has 2 amide bonds. The molecule has 1 atom stereocenters. The Bertz CT molecular complexity index is 1830. The average Bonchev–Trinajstić information content (AvgIpc) is 3.03. The Morgan fingerprint density at radius 3 is 2.53 bits per heavy atom. The summed E-state index contributed by atoms with van der Waals surface area (Å²) >= 11 is 6.44. The Kier molecular flexibility index (Phi) is 10.3. The number of hydrogen-bond acceptors (Lipinski definition) is 8. The number of H-pyrrole nitrogens is 1. The third-order valence-electron chi connectivity index (χ3n) is 7.94. The zero-order valence-corrected chi connectivity index (χ0v) is 27.5. The minimum Gasteiger partial charge on any atom is -0.394 e. The number of nitrogens with one attached hydrogen (secondary N) is 4. The summed E-state index contributed by atoms with van der Waals surface area (Å²) in [6.45, 7) is 11.3. The number of piperidine rings is 1. The van der Waals surface area contributed by atoms with Crippen LogP contribution in [0.5, 0.6) is 0 Å². The van der Waals surface area contributed by atoms with E-state index in [0.717, 1.165) is 18.4 Å². The second-order valence-electron chi connectivity index (χ2n) is 13.0. The highest BCUT2D eigenvalue weighted by atomic mass is 35.5. The normalized spacial score (nSPS) is 14.4. The van der Waals surface area contributed by atoms with Crippen LogP contribution in [0.4, 0.5) is 11.6 Å². The maximum Gasteiger partial charge on any atom is 0.258 e. The van der Waals surface area contributed by atoms with Crippen LogP contribution in [-0.4, -0.2) is 57.6 Å². The molecule has 1 aliphatic rings. The first kappa shape index (κ1) is 33.6. The summed E-state index contributed by atoms with van der Waals surface area (Å²) in [5.74, 6) is 0.178. The molecule has 246 valence electrons. The van der Waals surface area contributed by atoms with E-state index in [1.54, 1.807) is 30.5 Å². The van der Waals surface area contributed by atoms with Crippen LogP contribution in [0.3, 0.4) is 0 Å². The Labute approximate surface area is 278 Å². The molecular weight excluding hydrogens is 618 g/mol. The summed E-state index contributed by atoms with van der Waals surface area (Å²) < 4.78 is 0. The quantitative estimate of drug-likeness (QED) is 0.159. The smallest absolute Gasteiger partial charge is 0.258 e. The van der Waals surface area contributed by atoms with Crippen molar-refractivity contribution in [3.63, 3.8) is 0 Å². The second kappa shape index (κ2) is 14.4. The molecule has 11 nitrogen and oxygen atoms in total. The van der Waals surface area contributed by atoms with Gasteiger partial charge in [0.1, 0.15) is 5.65 Å². The van der Waals surface area contributed by atoms with Crippen molar-refractivity contribution in [1.29, 1.82) is 0 Å². The Balaban J connectivity index is 1.25. The first-order valence-electron chi connectivity index (χ1n) is 15.6. The van der Waals surface area contributed by atoms with Gasteiger partial charge in [-0.1, -0.05) is 69.3 Å². The Morgan fingerprint density at radius 1 is 1.13 bits per heavy atom. The van der Waals surface area contributed by atoms with Gasteiger partial charge in [-0.25, -0.2) is 4.98 Å². The number of aliphatic hydroxyl groups excluding tert-OH is 1. The highest BCUT2D eigenvalue weighted by Gasteiger charge is 2.25. The summed E-state index contributed by atoms with van der Waals surface area (Å²) in [6.07, 6.45) is 3.69. The fraction of sp³-hybridized carbons (Fsp3) is 0.343. The molecule has 1 fully saturated rings. The van der Waals surface area contributed by atoms with Crippen molar-refractivity contribution in [3.8, 4) is 0 Å². The number of aromatic amines is 1. The van der Waals surface area contributed by atoms with Crippen LogP contribution in [-0.2, 0) is 4.79 Å². The largest absolute Gasteiger partial charge is 0.394 e. The zero-order valence-electron chi connectivity index (χ0n) is 26.8. The molecule has 1 unspecified atom stereocenters. The minimum absolute atomic E-state index is 0.0620.